The molecule has 116 valence electrons. The van der Waals surface area contributed by atoms with E-state index >= 15 is 0 Å². The van der Waals surface area contributed by atoms with Gasteiger partial charge in [0.2, 0.25) is 0 Å². The number of benzene rings is 1. The Bertz CT molecular complexity index is 589. The fraction of sp³-hybridized carbons (Fsp3) is 0.562. The van der Waals surface area contributed by atoms with Crippen molar-refractivity contribution in [2.45, 2.75) is 55.6 Å². The Morgan fingerprint density at radius 2 is 1.81 bits per heavy atom. The Morgan fingerprint density at radius 3 is 2.38 bits per heavy atom. The Balaban J connectivity index is 2.24. The van der Waals surface area contributed by atoms with Gasteiger partial charge >= 0.3 is 5.97 Å². The molecule has 2 atom stereocenters. The first-order valence-electron chi connectivity index (χ1n) is 7.49. The van der Waals surface area contributed by atoms with Gasteiger partial charge in [0.15, 0.2) is 9.84 Å². The van der Waals surface area contributed by atoms with E-state index in [0.717, 1.165) is 32.1 Å². The fourth-order valence-electron chi connectivity index (χ4n) is 3.20. The van der Waals surface area contributed by atoms with Gasteiger partial charge in [-0.1, -0.05) is 38.3 Å². The Labute approximate surface area is 126 Å². The molecule has 2 rings (SSSR count). The van der Waals surface area contributed by atoms with Gasteiger partial charge in [0, 0.05) is 0 Å². The van der Waals surface area contributed by atoms with Crippen LogP contribution in [0.25, 0.3) is 0 Å². The van der Waals surface area contributed by atoms with E-state index in [1.807, 2.05) is 0 Å². The monoisotopic (exact) mass is 310 g/mol. The highest BCUT2D eigenvalue weighted by molar-refractivity contribution is 7.92. The summed E-state index contributed by atoms with van der Waals surface area (Å²) in [5.74, 6) is -0.675. The van der Waals surface area contributed by atoms with Gasteiger partial charge in [-0.2, -0.15) is 0 Å². The minimum Gasteiger partial charge on any atom is -0.481 e. The largest absolute Gasteiger partial charge is 0.481 e. The molecule has 1 N–H and O–H groups in total. The van der Waals surface area contributed by atoms with E-state index in [1.165, 1.54) is 0 Å². The zero-order valence-corrected chi connectivity index (χ0v) is 13.1. The number of aliphatic carboxylic acids is 1. The number of rotatable bonds is 5. The molecule has 4 nitrogen and oxygen atoms in total. The molecule has 0 saturated heterocycles. The zero-order valence-electron chi connectivity index (χ0n) is 12.3. The highest BCUT2D eigenvalue weighted by atomic mass is 32.2. The third kappa shape index (κ3) is 3.64. The molecular formula is C16H22O4S. The summed E-state index contributed by atoms with van der Waals surface area (Å²) in [7, 11) is -3.32. The molecule has 1 saturated carbocycles. The average Bonchev–Trinajstić information content (AvgIpc) is 2.47. The van der Waals surface area contributed by atoms with Crippen molar-refractivity contribution in [3.8, 4) is 0 Å². The molecule has 1 aromatic carbocycles. The van der Waals surface area contributed by atoms with Crippen LogP contribution in [-0.4, -0.2) is 24.7 Å². The van der Waals surface area contributed by atoms with Crippen molar-refractivity contribution < 1.29 is 18.3 Å². The second kappa shape index (κ2) is 6.60. The minimum absolute atomic E-state index is 0.0820. The summed E-state index contributed by atoms with van der Waals surface area (Å²) in [6.07, 6.45) is 4.61. The summed E-state index contributed by atoms with van der Waals surface area (Å²) in [6, 6.07) is 6.30. The number of carboxylic acid groups (broad SMARTS) is 1. The molecule has 0 aromatic heterocycles. The van der Waals surface area contributed by atoms with Crippen LogP contribution in [0.4, 0.5) is 0 Å². The van der Waals surface area contributed by atoms with Crippen molar-refractivity contribution in [1.82, 2.24) is 0 Å². The average molecular weight is 310 g/mol. The van der Waals surface area contributed by atoms with Crippen LogP contribution in [0.2, 0.25) is 0 Å². The van der Waals surface area contributed by atoms with Gasteiger partial charge in [-0.25, -0.2) is 8.42 Å². The summed E-state index contributed by atoms with van der Waals surface area (Å²) in [6.45, 7) is 2.05. The lowest BCUT2D eigenvalue weighted by atomic mass is 9.87. The molecule has 0 spiro atoms. The van der Waals surface area contributed by atoms with Gasteiger partial charge < -0.3 is 5.11 Å². The predicted octanol–water partition coefficient (Wildman–Crippen LogP) is 3.06. The van der Waals surface area contributed by atoms with Gasteiger partial charge in [-0.05, 0) is 36.5 Å². The van der Waals surface area contributed by atoms with Crippen molar-refractivity contribution in [3.63, 3.8) is 0 Å². The summed E-state index contributed by atoms with van der Waals surface area (Å²) in [5, 5.41) is 8.46. The molecule has 1 fully saturated rings. The number of hydrogen-bond donors (Lipinski definition) is 1. The molecule has 0 amide bonds. The second-order valence-electron chi connectivity index (χ2n) is 5.75. The molecule has 1 aliphatic rings. The maximum absolute atomic E-state index is 12.8. The van der Waals surface area contributed by atoms with Crippen molar-refractivity contribution in [3.05, 3.63) is 29.8 Å². The molecule has 2 unspecified atom stereocenters. The summed E-state index contributed by atoms with van der Waals surface area (Å²) in [4.78, 5) is 11.0. The summed E-state index contributed by atoms with van der Waals surface area (Å²) >= 11 is 0. The lowest BCUT2D eigenvalue weighted by Gasteiger charge is -2.30. The van der Waals surface area contributed by atoms with E-state index in [-0.39, 0.29) is 17.6 Å². The van der Waals surface area contributed by atoms with Crippen molar-refractivity contribution in [2.75, 3.05) is 0 Å². The van der Waals surface area contributed by atoms with Crippen molar-refractivity contribution in [1.29, 1.82) is 0 Å². The first-order valence-corrected chi connectivity index (χ1v) is 9.04. The van der Waals surface area contributed by atoms with E-state index in [9.17, 15) is 13.2 Å². The number of hydrogen-bond acceptors (Lipinski definition) is 3. The quantitative estimate of drug-likeness (QED) is 0.907. The lowest BCUT2D eigenvalue weighted by Crippen LogP contribution is -2.32. The van der Waals surface area contributed by atoms with Crippen LogP contribution < -0.4 is 0 Å². The van der Waals surface area contributed by atoms with E-state index in [0.29, 0.717) is 10.5 Å². The van der Waals surface area contributed by atoms with Crippen molar-refractivity contribution in [2.24, 2.45) is 5.92 Å². The molecule has 0 heterocycles. The van der Waals surface area contributed by atoms with Gasteiger partial charge in [-0.3, -0.25) is 4.79 Å². The molecule has 21 heavy (non-hydrogen) atoms. The van der Waals surface area contributed by atoms with Crippen LogP contribution >= 0.6 is 0 Å². The van der Waals surface area contributed by atoms with Crippen LogP contribution in [0.15, 0.2) is 29.2 Å². The molecule has 1 aliphatic carbocycles. The molecular weight excluding hydrogens is 288 g/mol. The molecule has 5 heteroatoms. The minimum atomic E-state index is -3.32. The summed E-state index contributed by atoms with van der Waals surface area (Å²) in [5.41, 5.74) is 0.622. The predicted molar refractivity (Wildman–Crippen MR) is 81.0 cm³/mol. The van der Waals surface area contributed by atoms with Crippen LogP contribution in [0, 0.1) is 5.92 Å². The van der Waals surface area contributed by atoms with E-state index in [2.05, 4.69) is 6.92 Å². The molecule has 0 bridgehead atoms. The first-order chi connectivity index (χ1) is 9.95. The topological polar surface area (TPSA) is 71.4 Å². The smallest absolute Gasteiger partial charge is 0.307 e. The van der Waals surface area contributed by atoms with Gasteiger partial charge in [0.05, 0.1) is 16.6 Å². The zero-order chi connectivity index (χ0) is 15.5. The highest BCUT2D eigenvalue weighted by Gasteiger charge is 2.35. The Kier molecular flexibility index (Phi) is 5.04. The van der Waals surface area contributed by atoms with Crippen LogP contribution in [0.3, 0.4) is 0 Å². The Morgan fingerprint density at radius 1 is 1.19 bits per heavy atom. The summed E-state index contributed by atoms with van der Waals surface area (Å²) < 4.78 is 25.5. The molecule has 0 aliphatic heterocycles. The SMILES string of the molecule is CCC1CCCCC1S(=O)(=O)c1ccc(CC(=O)O)cc1. The van der Waals surface area contributed by atoms with Gasteiger partial charge in [0.25, 0.3) is 0 Å². The van der Waals surface area contributed by atoms with E-state index in [1.54, 1.807) is 24.3 Å². The third-order valence-electron chi connectivity index (χ3n) is 4.37. The molecule has 1 aromatic rings. The van der Waals surface area contributed by atoms with Crippen LogP contribution in [0.1, 0.15) is 44.6 Å². The number of sulfone groups is 1. The van der Waals surface area contributed by atoms with Crippen LogP contribution in [0.5, 0.6) is 0 Å². The van der Waals surface area contributed by atoms with Gasteiger partial charge in [0.1, 0.15) is 0 Å². The first kappa shape index (κ1) is 16.0. The number of carboxylic acids is 1. The normalized spacial score (nSPS) is 22.9. The standard InChI is InChI=1S/C16H22O4S/c1-2-13-5-3-4-6-15(13)21(19,20)14-9-7-12(8-10-14)11-16(17)18/h7-10,13,15H,2-6,11H2,1H3,(H,17,18). The Hall–Kier alpha value is -1.36. The highest BCUT2D eigenvalue weighted by Crippen LogP contribution is 2.34. The fourth-order valence-corrected chi connectivity index (χ4v) is 5.37. The maximum atomic E-state index is 12.8. The van der Waals surface area contributed by atoms with Crippen molar-refractivity contribution >= 4 is 15.8 Å². The van der Waals surface area contributed by atoms with E-state index in [4.69, 9.17) is 5.11 Å². The molecule has 0 radical (unpaired) electrons. The van der Waals surface area contributed by atoms with Gasteiger partial charge in [-0.15, -0.1) is 0 Å². The lowest BCUT2D eigenvalue weighted by molar-refractivity contribution is -0.136. The maximum Gasteiger partial charge on any atom is 0.307 e. The third-order valence-corrected chi connectivity index (χ3v) is 6.72. The van der Waals surface area contributed by atoms with Crippen LogP contribution in [-0.2, 0) is 21.1 Å². The number of carbonyl (C=O) groups is 1. The second-order valence-corrected chi connectivity index (χ2v) is 7.92. The van der Waals surface area contributed by atoms with E-state index < -0.39 is 15.8 Å².